The fourth-order valence-corrected chi connectivity index (χ4v) is 3.78. The Labute approximate surface area is 211 Å². The van der Waals surface area contributed by atoms with Gasteiger partial charge in [0.1, 0.15) is 13.3 Å². The largest absolute Gasteiger partial charge is 0.547 e. The summed E-state index contributed by atoms with van der Waals surface area (Å²) in [5.74, 6) is -1.44. The van der Waals surface area contributed by atoms with E-state index in [-0.39, 0.29) is 5.41 Å². The van der Waals surface area contributed by atoms with Crippen molar-refractivity contribution in [2.24, 2.45) is 15.3 Å². The number of carbonyl (C=O) groups is 1. The van der Waals surface area contributed by atoms with E-state index < -0.39 is 12.1 Å². The number of rotatable bonds is 6. The highest BCUT2D eigenvalue weighted by molar-refractivity contribution is 6.33. The van der Waals surface area contributed by atoms with E-state index in [1.54, 1.807) is 0 Å². The first kappa shape index (κ1) is 26.4. The molecule has 1 N–H and O–H groups in total. The molecule has 0 amide bonds. The number of benzene rings is 3. The van der Waals surface area contributed by atoms with Crippen LogP contribution in [0.3, 0.4) is 0 Å². The third-order valence-corrected chi connectivity index (χ3v) is 5.90. The maximum Gasteiger partial charge on any atom is 0.212 e. The minimum atomic E-state index is -1.44. The number of nitrogens with zero attached hydrogens (tertiary/aromatic N) is 5. The minimum absolute atomic E-state index is 0.0859. The van der Waals surface area contributed by atoms with Gasteiger partial charge in [0.25, 0.3) is 0 Å². The molecule has 1 aliphatic rings. The zero-order valence-electron chi connectivity index (χ0n) is 21.2. The predicted molar refractivity (Wildman–Crippen MR) is 141 cm³/mol. The summed E-state index contributed by atoms with van der Waals surface area (Å²) in [7, 11) is 4.05. The molecule has 186 valence electrons. The zero-order valence-corrected chi connectivity index (χ0v) is 21.2. The average Bonchev–Trinajstić information content (AvgIpc) is 3.07. The van der Waals surface area contributed by atoms with Crippen LogP contribution >= 0.6 is 0 Å². The van der Waals surface area contributed by atoms with Gasteiger partial charge >= 0.3 is 0 Å². The van der Waals surface area contributed by atoms with Crippen LogP contribution < -0.4 is 10.1 Å². The molecule has 36 heavy (non-hydrogen) atoms. The van der Waals surface area contributed by atoms with Crippen molar-refractivity contribution in [2.45, 2.75) is 32.3 Å². The van der Waals surface area contributed by atoms with Crippen LogP contribution in [-0.4, -0.2) is 47.8 Å². The molecule has 0 saturated heterocycles. The van der Waals surface area contributed by atoms with Crippen LogP contribution in [0, 0.1) is 0 Å². The van der Waals surface area contributed by atoms with Crippen molar-refractivity contribution in [1.29, 1.82) is 0 Å². The lowest BCUT2D eigenvalue weighted by molar-refractivity contribution is -0.400. The number of carboxylic acids is 1. The first-order valence-corrected chi connectivity index (χ1v) is 11.6. The number of para-hydroxylation sites is 1. The summed E-state index contributed by atoms with van der Waals surface area (Å²) in [6, 6.07) is 26.1. The lowest BCUT2D eigenvalue weighted by Crippen LogP contribution is -2.32. The predicted octanol–water partition coefficient (Wildman–Crippen LogP) is 4.35. The number of hydrazone groups is 1. The molecule has 0 spiro atoms. The number of fused-ring (bicyclic) bond motifs is 1. The molecule has 4 rings (SSSR count). The Morgan fingerprint density at radius 2 is 1.50 bits per heavy atom. The molecule has 8 nitrogen and oxygen atoms in total. The van der Waals surface area contributed by atoms with E-state index in [1.165, 1.54) is 17.0 Å². The summed E-state index contributed by atoms with van der Waals surface area (Å²) in [5.41, 5.74) is 6.28. The Kier molecular flexibility index (Phi) is 8.45. The number of aliphatic hydroxyl groups excluding tert-OH is 1. The van der Waals surface area contributed by atoms with E-state index in [4.69, 9.17) is 10.2 Å². The number of carbonyl (C=O) groups excluding carboxylic acids is 1. The lowest BCUT2D eigenvalue weighted by atomic mass is 9.82. The van der Waals surface area contributed by atoms with Crippen LogP contribution in [0.1, 0.15) is 26.3 Å². The standard InChI is InChI=1S/C25H26N5.C3H6O3/c1-25(2)22-12-8-9-13-23(22)29(3)24(25)18-26-30(4)21-16-14-20(15-17-21)28-27-19-10-6-5-7-11-19;1-2(4)3(5)6/h5-18H,1-4H3;2,4H,1H3,(H,5,6)/q+1;/p-1. The lowest BCUT2D eigenvalue weighted by Gasteiger charge is -2.16. The van der Waals surface area contributed by atoms with E-state index in [1.807, 2.05) is 72.9 Å². The fraction of sp³-hybridized carbons (Fsp3) is 0.250. The number of aliphatic hydroxyl groups is 1. The van der Waals surface area contributed by atoms with Crippen molar-refractivity contribution in [3.63, 3.8) is 0 Å². The molecule has 1 aliphatic heterocycles. The van der Waals surface area contributed by atoms with Gasteiger partial charge in [-0.15, -0.1) is 0 Å². The minimum Gasteiger partial charge on any atom is -0.547 e. The highest BCUT2D eigenvalue weighted by atomic mass is 16.4. The van der Waals surface area contributed by atoms with Gasteiger partial charge in [-0.25, -0.2) is 0 Å². The molecule has 0 bridgehead atoms. The van der Waals surface area contributed by atoms with Crippen molar-refractivity contribution >= 4 is 40.6 Å². The normalized spacial score (nSPS) is 14.9. The van der Waals surface area contributed by atoms with Gasteiger partial charge in [-0.2, -0.15) is 19.9 Å². The summed E-state index contributed by atoms with van der Waals surface area (Å²) in [5, 5.41) is 32.4. The summed E-state index contributed by atoms with van der Waals surface area (Å²) in [4.78, 5) is 9.34. The Balaban J connectivity index is 0.000000538. The smallest absolute Gasteiger partial charge is 0.212 e. The molecule has 3 aromatic carbocycles. The number of hydrogen-bond acceptors (Lipinski definition) is 7. The van der Waals surface area contributed by atoms with Gasteiger partial charge in [0.05, 0.1) is 34.6 Å². The first-order chi connectivity index (χ1) is 17.1. The number of aliphatic carboxylic acids is 1. The average molecular weight is 486 g/mol. The highest BCUT2D eigenvalue weighted by Gasteiger charge is 2.43. The van der Waals surface area contributed by atoms with E-state index in [2.05, 4.69) is 60.0 Å². The van der Waals surface area contributed by atoms with Crippen molar-refractivity contribution in [3.05, 3.63) is 84.4 Å². The molecule has 1 heterocycles. The quantitative estimate of drug-likeness (QED) is 0.243. The molecule has 0 fully saturated rings. The molecule has 0 aromatic heterocycles. The van der Waals surface area contributed by atoms with Gasteiger partial charge in [0.2, 0.25) is 11.4 Å². The number of carboxylic acid groups (broad SMARTS) is 1. The van der Waals surface area contributed by atoms with Crippen LogP contribution in [0.15, 0.2) is 94.2 Å². The zero-order chi connectivity index (χ0) is 26.3. The summed E-state index contributed by atoms with van der Waals surface area (Å²) < 4.78 is 2.22. The van der Waals surface area contributed by atoms with Gasteiger partial charge in [-0.1, -0.05) is 36.4 Å². The summed E-state index contributed by atoms with van der Waals surface area (Å²) in [6.45, 7) is 5.61. The number of anilines is 1. The number of azo groups is 1. The van der Waals surface area contributed by atoms with Crippen LogP contribution in [0.5, 0.6) is 0 Å². The topological polar surface area (TPSA) is 104 Å². The number of hydrogen-bond donors (Lipinski definition) is 1. The summed E-state index contributed by atoms with van der Waals surface area (Å²) >= 11 is 0. The second-order valence-corrected chi connectivity index (χ2v) is 8.90. The van der Waals surface area contributed by atoms with E-state index >= 15 is 0 Å². The van der Waals surface area contributed by atoms with Crippen LogP contribution in [0.2, 0.25) is 0 Å². The third-order valence-electron chi connectivity index (χ3n) is 5.90. The van der Waals surface area contributed by atoms with Gasteiger partial charge in [-0.3, -0.25) is 5.01 Å². The Bertz CT molecular complexity index is 1280. The van der Waals surface area contributed by atoms with Crippen molar-refractivity contribution in [3.8, 4) is 0 Å². The van der Waals surface area contributed by atoms with Gasteiger partial charge in [0.15, 0.2) is 0 Å². The van der Waals surface area contributed by atoms with Gasteiger partial charge < -0.3 is 15.0 Å². The van der Waals surface area contributed by atoms with Crippen molar-refractivity contribution < 1.29 is 19.6 Å². The molecule has 1 atom stereocenters. The molecule has 0 radical (unpaired) electrons. The Hall–Kier alpha value is -4.17. The van der Waals surface area contributed by atoms with Crippen LogP contribution in [-0.2, 0) is 10.2 Å². The fourth-order valence-electron chi connectivity index (χ4n) is 3.78. The Morgan fingerprint density at radius 1 is 0.972 bits per heavy atom. The highest BCUT2D eigenvalue weighted by Crippen LogP contribution is 2.38. The molecule has 3 aromatic rings. The molecule has 0 saturated carbocycles. The maximum atomic E-state index is 9.34. The third kappa shape index (κ3) is 6.28. The van der Waals surface area contributed by atoms with Crippen LogP contribution in [0.4, 0.5) is 22.7 Å². The van der Waals surface area contributed by atoms with Gasteiger partial charge in [0, 0.05) is 18.7 Å². The van der Waals surface area contributed by atoms with E-state index in [0.717, 1.165) is 24.0 Å². The summed E-state index contributed by atoms with van der Waals surface area (Å²) in [6.07, 6.45) is 0.619. The molecular weight excluding hydrogens is 454 g/mol. The first-order valence-electron chi connectivity index (χ1n) is 11.6. The van der Waals surface area contributed by atoms with Crippen molar-refractivity contribution in [2.75, 3.05) is 19.1 Å². The monoisotopic (exact) mass is 485 g/mol. The van der Waals surface area contributed by atoms with Gasteiger partial charge in [-0.05, 0) is 57.2 Å². The van der Waals surface area contributed by atoms with E-state index in [9.17, 15) is 9.90 Å². The molecule has 8 heteroatoms. The molecule has 0 aliphatic carbocycles. The molecule has 1 unspecified atom stereocenters. The van der Waals surface area contributed by atoms with Crippen molar-refractivity contribution in [1.82, 2.24) is 0 Å². The second-order valence-electron chi connectivity index (χ2n) is 8.90. The SMILES string of the molecule is CC(O)C(=O)[O-].CN(/N=C/C1=[N+](C)c2ccccc2C1(C)C)c1ccc(N=Nc2ccccc2)cc1. The van der Waals surface area contributed by atoms with E-state index in [0.29, 0.717) is 0 Å². The van der Waals surface area contributed by atoms with Crippen LogP contribution in [0.25, 0.3) is 0 Å². The second kappa shape index (κ2) is 11.5. The maximum absolute atomic E-state index is 9.34. The Morgan fingerprint density at radius 3 is 2.06 bits per heavy atom. The molecular formula is C28H31N5O3.